The first-order chi connectivity index (χ1) is 17.8. The molecule has 0 atom stereocenters. The highest BCUT2D eigenvalue weighted by atomic mass is 32.1. The molecule has 0 bridgehead atoms. The summed E-state index contributed by atoms with van der Waals surface area (Å²) < 4.78 is 30.3. The molecule has 1 saturated heterocycles. The smallest absolute Gasteiger partial charge is 0.275 e. The minimum Gasteiger partial charge on any atom is -0.369 e. The van der Waals surface area contributed by atoms with E-state index in [9.17, 15) is 13.6 Å². The van der Waals surface area contributed by atoms with Crippen LogP contribution in [0, 0.1) is 11.6 Å². The number of anilines is 2. The van der Waals surface area contributed by atoms with E-state index in [-0.39, 0.29) is 23.2 Å². The highest BCUT2D eigenvalue weighted by molar-refractivity contribution is 7.13. The number of halogens is 2. The Kier molecular flexibility index (Phi) is 7.03. The van der Waals surface area contributed by atoms with Gasteiger partial charge in [0, 0.05) is 48.9 Å². The number of carbonyl (C=O) groups excluding carboxylic acids is 1. The number of carbonyl (C=O) groups is 1. The molecule has 7 nitrogen and oxygen atoms in total. The molecule has 37 heavy (non-hydrogen) atoms. The van der Waals surface area contributed by atoms with Crippen LogP contribution in [0.5, 0.6) is 0 Å². The van der Waals surface area contributed by atoms with Crippen LogP contribution in [0.2, 0.25) is 0 Å². The number of imidazole rings is 1. The summed E-state index contributed by atoms with van der Waals surface area (Å²) in [5.74, 6) is -1.31. The van der Waals surface area contributed by atoms with E-state index in [1.54, 1.807) is 29.9 Å². The van der Waals surface area contributed by atoms with Crippen molar-refractivity contribution in [1.29, 1.82) is 0 Å². The van der Waals surface area contributed by atoms with Crippen molar-refractivity contribution in [3.63, 3.8) is 0 Å². The Bertz CT molecular complexity index is 1410. The molecule has 0 unspecified atom stereocenters. The van der Waals surface area contributed by atoms with Crippen molar-refractivity contribution < 1.29 is 13.6 Å². The Labute approximate surface area is 218 Å². The molecule has 5 rings (SSSR count). The third-order valence-corrected chi connectivity index (χ3v) is 7.33. The van der Waals surface area contributed by atoms with Crippen LogP contribution in [0.25, 0.3) is 22.0 Å². The van der Waals surface area contributed by atoms with Gasteiger partial charge < -0.3 is 19.7 Å². The molecule has 3 heterocycles. The molecule has 1 aliphatic heterocycles. The lowest BCUT2D eigenvalue weighted by molar-refractivity contribution is 0.102. The van der Waals surface area contributed by atoms with Crippen LogP contribution in [-0.4, -0.2) is 58.6 Å². The van der Waals surface area contributed by atoms with Gasteiger partial charge >= 0.3 is 0 Å². The molecule has 4 aromatic rings. The van der Waals surface area contributed by atoms with E-state index in [1.165, 1.54) is 29.5 Å². The lowest BCUT2D eigenvalue weighted by atomic mass is 10.1. The van der Waals surface area contributed by atoms with Crippen molar-refractivity contribution in [2.75, 3.05) is 43.4 Å². The van der Waals surface area contributed by atoms with Crippen LogP contribution in [0.1, 0.15) is 30.4 Å². The number of hydrogen-bond donors (Lipinski definition) is 1. The molecule has 1 N–H and O–H groups in total. The Balaban J connectivity index is 1.37. The first-order valence-electron chi connectivity index (χ1n) is 12.1. The number of thiazole rings is 1. The zero-order chi connectivity index (χ0) is 26.1. The maximum Gasteiger partial charge on any atom is 0.275 e. The zero-order valence-corrected chi connectivity index (χ0v) is 21.7. The van der Waals surface area contributed by atoms with Crippen molar-refractivity contribution in [3.8, 4) is 22.0 Å². The topological polar surface area (TPSA) is 66.3 Å². The summed E-state index contributed by atoms with van der Waals surface area (Å²) in [6.45, 7) is 7.55. The average molecular weight is 523 g/mol. The predicted octanol–water partition coefficient (Wildman–Crippen LogP) is 5.54. The number of aromatic nitrogens is 3. The number of benzene rings is 2. The molecule has 10 heteroatoms. The zero-order valence-electron chi connectivity index (χ0n) is 20.9. The molecule has 1 fully saturated rings. The third-order valence-electron chi connectivity index (χ3n) is 6.48. The van der Waals surface area contributed by atoms with Crippen LogP contribution < -0.4 is 10.2 Å². The summed E-state index contributed by atoms with van der Waals surface area (Å²) in [5, 5.41) is 4.90. The van der Waals surface area contributed by atoms with Gasteiger partial charge in [-0.1, -0.05) is 0 Å². The number of nitrogens with zero attached hydrogens (tertiary/aromatic N) is 5. The summed E-state index contributed by atoms with van der Waals surface area (Å²) in [6, 6.07) is 11.1. The summed E-state index contributed by atoms with van der Waals surface area (Å²) in [7, 11) is 2.07. The van der Waals surface area contributed by atoms with Gasteiger partial charge in [0.25, 0.3) is 5.91 Å². The second kappa shape index (κ2) is 10.4. The molecular formula is C27H28F2N6OS. The van der Waals surface area contributed by atoms with Crippen LogP contribution in [0.15, 0.2) is 54.2 Å². The van der Waals surface area contributed by atoms with E-state index in [0.717, 1.165) is 43.1 Å². The van der Waals surface area contributed by atoms with Gasteiger partial charge in [0.1, 0.15) is 28.0 Å². The number of amides is 1. The molecule has 0 spiro atoms. The van der Waals surface area contributed by atoms with E-state index < -0.39 is 11.7 Å². The van der Waals surface area contributed by atoms with E-state index in [4.69, 9.17) is 0 Å². The fraction of sp³-hybridized carbons (Fsp3) is 0.296. The lowest BCUT2D eigenvalue weighted by Gasteiger charge is -2.34. The summed E-state index contributed by atoms with van der Waals surface area (Å²) >= 11 is 1.30. The standard InChI is InChI=1S/C27H28F2N6OS/c1-17(2)35-16-30-24(18-4-6-19(28)7-5-18)25(35)27-32-23(15-37-27)26(36)31-22-9-8-20(14-21(22)29)34-12-10-33(3)11-13-34/h4-9,14-17H,10-13H2,1-3H3,(H,31,36). The van der Waals surface area contributed by atoms with Crippen molar-refractivity contribution in [1.82, 2.24) is 19.4 Å². The third kappa shape index (κ3) is 5.26. The highest BCUT2D eigenvalue weighted by Gasteiger charge is 2.22. The fourth-order valence-electron chi connectivity index (χ4n) is 4.32. The minimum atomic E-state index is -0.493. The Morgan fingerprint density at radius 3 is 2.46 bits per heavy atom. The van der Waals surface area contributed by atoms with Gasteiger partial charge in [0.05, 0.1) is 17.7 Å². The van der Waals surface area contributed by atoms with Gasteiger partial charge in [0.2, 0.25) is 0 Å². The molecule has 0 radical (unpaired) electrons. The largest absolute Gasteiger partial charge is 0.369 e. The summed E-state index contributed by atoms with van der Waals surface area (Å²) in [5.41, 5.74) is 3.24. The molecular weight excluding hydrogens is 494 g/mol. The average Bonchev–Trinajstić information content (AvgIpc) is 3.54. The van der Waals surface area contributed by atoms with Gasteiger partial charge in [-0.3, -0.25) is 4.79 Å². The molecule has 192 valence electrons. The molecule has 0 saturated carbocycles. The second-order valence-electron chi connectivity index (χ2n) is 9.40. The Morgan fingerprint density at radius 1 is 1.05 bits per heavy atom. The van der Waals surface area contributed by atoms with E-state index in [1.807, 2.05) is 24.5 Å². The van der Waals surface area contributed by atoms with E-state index in [2.05, 4.69) is 32.1 Å². The summed E-state index contributed by atoms with van der Waals surface area (Å²) in [6.07, 6.45) is 1.72. The Hall–Kier alpha value is -3.63. The molecule has 1 amide bonds. The van der Waals surface area contributed by atoms with Gasteiger partial charge in [0.15, 0.2) is 0 Å². The van der Waals surface area contributed by atoms with Crippen molar-refractivity contribution >= 4 is 28.6 Å². The number of nitrogens with one attached hydrogen (secondary N) is 1. The molecule has 2 aromatic heterocycles. The van der Waals surface area contributed by atoms with Crippen LogP contribution in [0.4, 0.5) is 20.2 Å². The highest BCUT2D eigenvalue weighted by Crippen LogP contribution is 2.35. The van der Waals surface area contributed by atoms with Gasteiger partial charge in [-0.05, 0) is 63.4 Å². The van der Waals surface area contributed by atoms with Crippen LogP contribution in [0.3, 0.4) is 0 Å². The van der Waals surface area contributed by atoms with Crippen molar-refractivity contribution in [2.45, 2.75) is 19.9 Å². The quantitative estimate of drug-likeness (QED) is 0.360. The van der Waals surface area contributed by atoms with Gasteiger partial charge in [-0.15, -0.1) is 11.3 Å². The number of likely N-dealkylation sites (N-methyl/N-ethyl adjacent to an activating group) is 1. The number of piperazine rings is 1. The Morgan fingerprint density at radius 2 is 1.78 bits per heavy atom. The molecule has 0 aliphatic carbocycles. The number of rotatable bonds is 6. The molecule has 2 aromatic carbocycles. The maximum absolute atomic E-state index is 14.9. The predicted molar refractivity (Wildman–Crippen MR) is 143 cm³/mol. The number of hydrogen-bond acceptors (Lipinski definition) is 6. The second-order valence-corrected chi connectivity index (χ2v) is 10.3. The first kappa shape index (κ1) is 25.0. The van der Waals surface area contributed by atoms with Gasteiger partial charge in [-0.2, -0.15) is 0 Å². The van der Waals surface area contributed by atoms with Crippen LogP contribution >= 0.6 is 11.3 Å². The fourth-order valence-corrected chi connectivity index (χ4v) is 5.17. The van der Waals surface area contributed by atoms with Crippen molar-refractivity contribution in [2.24, 2.45) is 0 Å². The summed E-state index contributed by atoms with van der Waals surface area (Å²) in [4.78, 5) is 26.5. The molecule has 1 aliphatic rings. The lowest BCUT2D eigenvalue weighted by Crippen LogP contribution is -2.44. The maximum atomic E-state index is 14.9. The normalized spacial score (nSPS) is 14.4. The van der Waals surface area contributed by atoms with E-state index >= 15 is 0 Å². The monoisotopic (exact) mass is 522 g/mol. The minimum absolute atomic E-state index is 0.0887. The SMILES string of the molecule is CC(C)n1cnc(-c2ccc(F)cc2)c1-c1nc(C(=O)Nc2ccc(N3CCN(C)CC3)cc2F)cs1. The van der Waals surface area contributed by atoms with Crippen molar-refractivity contribution in [3.05, 3.63) is 71.5 Å². The van der Waals surface area contributed by atoms with E-state index in [0.29, 0.717) is 10.7 Å². The van der Waals surface area contributed by atoms with Gasteiger partial charge in [-0.25, -0.2) is 18.7 Å². The first-order valence-corrected chi connectivity index (χ1v) is 13.0. The van der Waals surface area contributed by atoms with Crippen LogP contribution in [-0.2, 0) is 0 Å².